The average Bonchev–Trinajstić information content (AvgIpc) is 3.53. The molecule has 8 nitrogen and oxygen atoms in total. The zero-order valence-corrected chi connectivity index (χ0v) is 20.5. The van der Waals surface area contributed by atoms with E-state index in [1.54, 1.807) is 28.5 Å². The van der Waals surface area contributed by atoms with Crippen molar-refractivity contribution in [3.05, 3.63) is 93.9 Å². The number of halogens is 1. The maximum atomic E-state index is 13.3. The van der Waals surface area contributed by atoms with E-state index in [-0.39, 0.29) is 5.69 Å². The first-order valence-corrected chi connectivity index (χ1v) is 12.5. The first kappa shape index (κ1) is 23.1. The van der Waals surface area contributed by atoms with Crippen molar-refractivity contribution >= 4 is 23.4 Å². The highest BCUT2D eigenvalue weighted by molar-refractivity contribution is 7.99. The first-order chi connectivity index (χ1) is 17.2. The van der Waals surface area contributed by atoms with Crippen LogP contribution in [0.5, 0.6) is 0 Å². The summed E-state index contributed by atoms with van der Waals surface area (Å²) in [5.41, 5.74) is 4.26. The summed E-state index contributed by atoms with van der Waals surface area (Å²) in [6, 6.07) is 23.3. The number of aromatic nitrogens is 7. The molecule has 10 heteroatoms. The van der Waals surface area contributed by atoms with Gasteiger partial charge < -0.3 is 0 Å². The fourth-order valence-corrected chi connectivity index (χ4v) is 4.81. The Labute approximate surface area is 211 Å². The van der Waals surface area contributed by atoms with E-state index in [1.165, 1.54) is 4.68 Å². The van der Waals surface area contributed by atoms with Gasteiger partial charge in [0, 0.05) is 11.3 Å². The highest BCUT2D eigenvalue weighted by Gasteiger charge is 2.17. The molecule has 0 aliphatic heterocycles. The Hall–Kier alpha value is -3.69. The van der Waals surface area contributed by atoms with Gasteiger partial charge in [-0.2, -0.15) is 9.90 Å². The summed E-state index contributed by atoms with van der Waals surface area (Å²) in [5, 5.41) is 20.2. The Balaban J connectivity index is 1.47. The van der Waals surface area contributed by atoms with Crippen LogP contribution in [0.25, 0.3) is 28.2 Å². The van der Waals surface area contributed by atoms with E-state index in [4.69, 9.17) is 11.6 Å². The van der Waals surface area contributed by atoms with Gasteiger partial charge in [0.2, 0.25) is 5.82 Å². The van der Waals surface area contributed by atoms with Crippen molar-refractivity contribution in [3.63, 3.8) is 0 Å². The highest BCUT2D eigenvalue weighted by atomic mass is 35.5. The molecule has 0 saturated heterocycles. The number of hydrogen-bond donors (Lipinski definition) is 1. The largest absolute Gasteiger partial charge is 0.351 e. The number of nitrogens with one attached hydrogen (secondary N) is 1. The van der Waals surface area contributed by atoms with E-state index in [9.17, 15) is 4.79 Å². The smallest absolute Gasteiger partial charge is 0.265 e. The summed E-state index contributed by atoms with van der Waals surface area (Å²) in [4.78, 5) is 13.3. The maximum Gasteiger partial charge on any atom is 0.351 e. The third kappa shape index (κ3) is 4.78. The van der Waals surface area contributed by atoms with Gasteiger partial charge in [0.25, 0.3) is 0 Å². The molecule has 0 unspecified atom stereocenters. The van der Waals surface area contributed by atoms with E-state index in [0.29, 0.717) is 28.2 Å². The molecule has 3 aromatic carbocycles. The average molecular weight is 504 g/mol. The zero-order chi connectivity index (χ0) is 24.2. The standard InChI is InChI=1S/C25H22ClN7OS/c1-2-15-35-24-29-33(22-10-6-5-9-21(22)26)25(34)32(24)16-17-11-13-18(14-12-17)19-7-3-4-8-20(19)23-27-30-31-28-23/h3-14H,2,15-16H2,1H3,(H,27,28,30,31). The molecule has 0 aliphatic carbocycles. The monoisotopic (exact) mass is 503 g/mol. The Morgan fingerprint density at radius 2 is 1.71 bits per heavy atom. The second-order valence-corrected chi connectivity index (χ2v) is 9.31. The number of benzene rings is 3. The van der Waals surface area contributed by atoms with Crippen LogP contribution in [-0.2, 0) is 6.54 Å². The van der Waals surface area contributed by atoms with Gasteiger partial charge in [-0.25, -0.2) is 4.79 Å². The highest BCUT2D eigenvalue weighted by Crippen LogP contribution is 2.30. The van der Waals surface area contributed by atoms with Gasteiger partial charge >= 0.3 is 5.69 Å². The number of hydrogen-bond acceptors (Lipinski definition) is 6. The Morgan fingerprint density at radius 1 is 0.971 bits per heavy atom. The number of rotatable bonds is 8. The van der Waals surface area contributed by atoms with Crippen molar-refractivity contribution in [3.8, 4) is 28.2 Å². The number of H-pyrrole nitrogens is 1. The van der Waals surface area contributed by atoms with Crippen LogP contribution < -0.4 is 5.69 Å². The van der Waals surface area contributed by atoms with Crippen molar-refractivity contribution in [1.29, 1.82) is 0 Å². The van der Waals surface area contributed by atoms with Crippen LogP contribution in [0.15, 0.2) is 82.7 Å². The van der Waals surface area contributed by atoms with E-state index in [0.717, 1.165) is 34.4 Å². The number of nitrogens with zero attached hydrogens (tertiary/aromatic N) is 6. The molecule has 5 aromatic rings. The lowest BCUT2D eigenvalue weighted by molar-refractivity contribution is 0.685. The Bertz CT molecular complexity index is 1490. The van der Waals surface area contributed by atoms with Gasteiger partial charge in [-0.3, -0.25) is 4.57 Å². The van der Waals surface area contributed by atoms with Crippen LogP contribution in [0.2, 0.25) is 5.02 Å². The van der Waals surface area contributed by atoms with Crippen LogP contribution in [0.4, 0.5) is 0 Å². The van der Waals surface area contributed by atoms with Gasteiger partial charge in [0.15, 0.2) is 5.16 Å². The molecule has 5 rings (SSSR count). The molecule has 0 amide bonds. The maximum absolute atomic E-state index is 13.3. The molecule has 2 heterocycles. The summed E-state index contributed by atoms with van der Waals surface area (Å²) in [5.74, 6) is 1.41. The third-order valence-electron chi connectivity index (χ3n) is 5.46. The minimum Gasteiger partial charge on any atom is -0.265 e. The van der Waals surface area contributed by atoms with Crippen LogP contribution in [0, 0.1) is 0 Å². The summed E-state index contributed by atoms with van der Waals surface area (Å²) < 4.78 is 3.09. The lowest BCUT2D eigenvalue weighted by atomic mass is 9.98. The molecule has 0 aliphatic rings. The van der Waals surface area contributed by atoms with E-state index in [2.05, 4.69) is 32.6 Å². The SMILES string of the molecule is CCCSc1nn(-c2ccccc2Cl)c(=O)n1Cc1ccc(-c2ccccc2-c2nn[nH]n2)cc1. The Kier molecular flexibility index (Phi) is 6.78. The molecule has 0 bridgehead atoms. The van der Waals surface area contributed by atoms with Crippen molar-refractivity contribution in [2.75, 3.05) is 5.75 Å². The van der Waals surface area contributed by atoms with Crippen LogP contribution in [0.1, 0.15) is 18.9 Å². The number of tetrazole rings is 1. The summed E-state index contributed by atoms with van der Waals surface area (Å²) in [7, 11) is 0. The van der Waals surface area contributed by atoms with Gasteiger partial charge in [-0.15, -0.1) is 15.3 Å². The molecular weight excluding hydrogens is 482 g/mol. The normalized spacial score (nSPS) is 11.1. The minimum atomic E-state index is -0.219. The quantitative estimate of drug-likeness (QED) is 0.296. The fourth-order valence-electron chi connectivity index (χ4n) is 3.77. The summed E-state index contributed by atoms with van der Waals surface area (Å²) in [6.07, 6.45) is 0.978. The van der Waals surface area contributed by atoms with Crippen molar-refractivity contribution in [2.45, 2.75) is 25.0 Å². The molecular formula is C25H22ClN7OS. The second kappa shape index (κ2) is 10.3. The van der Waals surface area contributed by atoms with E-state index < -0.39 is 0 Å². The topological polar surface area (TPSA) is 94.3 Å². The lowest BCUT2D eigenvalue weighted by Gasteiger charge is -2.09. The zero-order valence-electron chi connectivity index (χ0n) is 18.9. The van der Waals surface area contributed by atoms with Gasteiger partial charge in [-0.1, -0.05) is 91.0 Å². The molecule has 176 valence electrons. The molecule has 0 fully saturated rings. The Morgan fingerprint density at radius 3 is 2.43 bits per heavy atom. The molecule has 0 atom stereocenters. The second-order valence-electron chi connectivity index (χ2n) is 7.84. The number of para-hydroxylation sites is 1. The summed E-state index contributed by atoms with van der Waals surface area (Å²) >= 11 is 7.92. The molecule has 0 spiro atoms. The minimum absolute atomic E-state index is 0.219. The predicted octanol–water partition coefficient (Wildman–Crippen LogP) is 5.08. The van der Waals surface area contributed by atoms with E-state index >= 15 is 0 Å². The fraction of sp³-hybridized carbons (Fsp3) is 0.160. The number of aromatic amines is 1. The molecule has 1 N–H and O–H groups in total. The van der Waals surface area contributed by atoms with Gasteiger partial charge in [0.1, 0.15) is 0 Å². The van der Waals surface area contributed by atoms with Crippen molar-refractivity contribution < 1.29 is 0 Å². The molecule has 2 aromatic heterocycles. The summed E-state index contributed by atoms with van der Waals surface area (Å²) in [6.45, 7) is 2.51. The van der Waals surface area contributed by atoms with E-state index in [1.807, 2.05) is 60.7 Å². The van der Waals surface area contributed by atoms with Crippen molar-refractivity contribution in [1.82, 2.24) is 35.0 Å². The molecule has 0 saturated carbocycles. The molecule has 35 heavy (non-hydrogen) atoms. The van der Waals surface area contributed by atoms with Crippen LogP contribution in [0.3, 0.4) is 0 Å². The lowest BCUT2D eigenvalue weighted by Crippen LogP contribution is -2.24. The van der Waals surface area contributed by atoms with Gasteiger partial charge in [0.05, 0.1) is 17.3 Å². The van der Waals surface area contributed by atoms with Gasteiger partial charge in [-0.05, 0) is 40.5 Å². The van der Waals surface area contributed by atoms with Crippen LogP contribution in [-0.4, -0.2) is 40.7 Å². The predicted molar refractivity (Wildman–Crippen MR) is 138 cm³/mol. The first-order valence-electron chi connectivity index (χ1n) is 11.2. The van der Waals surface area contributed by atoms with Crippen molar-refractivity contribution in [2.24, 2.45) is 0 Å². The van der Waals surface area contributed by atoms with Crippen LogP contribution >= 0.6 is 23.4 Å². The third-order valence-corrected chi connectivity index (χ3v) is 6.96. The number of thioether (sulfide) groups is 1. The molecule has 0 radical (unpaired) electrons.